The van der Waals surface area contributed by atoms with Gasteiger partial charge >= 0.3 is 0 Å². The van der Waals surface area contributed by atoms with Crippen LogP contribution in [0, 0.1) is 5.82 Å². The Morgan fingerprint density at radius 3 is 2.63 bits per heavy atom. The highest BCUT2D eigenvalue weighted by Gasteiger charge is 2.31. The highest BCUT2D eigenvalue weighted by atomic mass is 35.5. The first kappa shape index (κ1) is 12.4. The lowest BCUT2D eigenvalue weighted by molar-refractivity contribution is 0.112. The van der Waals surface area contributed by atoms with Gasteiger partial charge in [-0.3, -0.25) is 4.79 Å². The van der Waals surface area contributed by atoms with E-state index in [2.05, 4.69) is 5.10 Å². The number of halogens is 2. The van der Waals surface area contributed by atoms with Crippen LogP contribution in [0.2, 0.25) is 5.15 Å². The molecule has 0 saturated heterocycles. The molecule has 3 rings (SSSR count). The van der Waals surface area contributed by atoms with Gasteiger partial charge in [0.1, 0.15) is 11.0 Å². The molecule has 0 N–H and O–H groups in total. The van der Waals surface area contributed by atoms with E-state index < -0.39 is 0 Å². The summed E-state index contributed by atoms with van der Waals surface area (Å²) in [6.45, 7) is 0.437. The maximum atomic E-state index is 12.8. The summed E-state index contributed by atoms with van der Waals surface area (Å²) in [6, 6.07) is 6.17. The Morgan fingerprint density at radius 1 is 1.37 bits per heavy atom. The Balaban J connectivity index is 1.92. The molecule has 0 unspecified atom stereocenters. The number of benzene rings is 1. The second kappa shape index (κ2) is 4.78. The van der Waals surface area contributed by atoms with Crippen molar-refractivity contribution in [2.75, 3.05) is 0 Å². The molecule has 1 aromatic carbocycles. The van der Waals surface area contributed by atoms with Crippen LogP contribution in [0.1, 0.15) is 40.4 Å². The monoisotopic (exact) mass is 278 g/mol. The third-order valence-corrected chi connectivity index (χ3v) is 3.68. The molecule has 19 heavy (non-hydrogen) atoms. The van der Waals surface area contributed by atoms with Crippen molar-refractivity contribution in [2.45, 2.75) is 25.3 Å². The van der Waals surface area contributed by atoms with Crippen LogP contribution in [-0.4, -0.2) is 16.1 Å². The summed E-state index contributed by atoms with van der Waals surface area (Å²) in [5, 5.41) is 4.78. The molecule has 2 aromatic rings. The van der Waals surface area contributed by atoms with Crippen LogP contribution in [0.5, 0.6) is 0 Å². The van der Waals surface area contributed by atoms with Gasteiger partial charge < -0.3 is 0 Å². The number of carbonyl (C=O) groups is 1. The van der Waals surface area contributed by atoms with Crippen molar-refractivity contribution < 1.29 is 9.18 Å². The van der Waals surface area contributed by atoms with E-state index >= 15 is 0 Å². The summed E-state index contributed by atoms with van der Waals surface area (Å²) in [5.41, 5.74) is 2.18. The summed E-state index contributed by atoms with van der Waals surface area (Å²) >= 11 is 6.18. The lowest BCUT2D eigenvalue weighted by Gasteiger charge is -2.03. The first-order valence-corrected chi connectivity index (χ1v) is 6.52. The standard InChI is InChI=1S/C14H12ClFN2O/c15-14-12(8-19)13(10-3-4-10)17-18(14)7-9-1-5-11(16)6-2-9/h1-2,5-6,8,10H,3-4,7H2. The molecule has 1 aliphatic rings. The van der Waals surface area contributed by atoms with E-state index in [-0.39, 0.29) is 5.82 Å². The van der Waals surface area contributed by atoms with E-state index in [1.165, 1.54) is 12.1 Å². The average Bonchev–Trinajstić information content (AvgIpc) is 3.19. The maximum Gasteiger partial charge on any atom is 0.155 e. The van der Waals surface area contributed by atoms with Crippen molar-refractivity contribution in [1.82, 2.24) is 9.78 Å². The van der Waals surface area contributed by atoms with Gasteiger partial charge in [-0.25, -0.2) is 9.07 Å². The van der Waals surface area contributed by atoms with Crippen LogP contribution >= 0.6 is 11.6 Å². The molecule has 1 heterocycles. The number of hydrogen-bond donors (Lipinski definition) is 0. The molecule has 98 valence electrons. The molecular weight excluding hydrogens is 267 g/mol. The van der Waals surface area contributed by atoms with Crippen LogP contribution in [0.4, 0.5) is 4.39 Å². The van der Waals surface area contributed by atoms with Crippen LogP contribution < -0.4 is 0 Å². The fourth-order valence-electron chi connectivity index (χ4n) is 2.11. The summed E-state index contributed by atoms with van der Waals surface area (Å²) in [5.74, 6) is 0.0923. The summed E-state index contributed by atoms with van der Waals surface area (Å²) < 4.78 is 14.5. The van der Waals surface area contributed by atoms with Gasteiger partial charge in [-0.1, -0.05) is 23.7 Å². The molecule has 0 bridgehead atoms. The Kier molecular flexibility index (Phi) is 3.11. The quantitative estimate of drug-likeness (QED) is 0.803. The van der Waals surface area contributed by atoms with Gasteiger partial charge in [0.25, 0.3) is 0 Å². The number of aromatic nitrogens is 2. The summed E-state index contributed by atoms with van der Waals surface area (Å²) in [7, 11) is 0. The molecule has 1 fully saturated rings. The zero-order chi connectivity index (χ0) is 13.4. The molecule has 0 aliphatic heterocycles. The minimum Gasteiger partial charge on any atom is -0.298 e. The first-order chi connectivity index (χ1) is 9.19. The number of hydrogen-bond acceptors (Lipinski definition) is 2. The number of carbonyl (C=O) groups excluding carboxylic acids is 1. The Morgan fingerprint density at radius 2 is 2.05 bits per heavy atom. The van der Waals surface area contributed by atoms with E-state index in [9.17, 15) is 9.18 Å². The summed E-state index contributed by atoms with van der Waals surface area (Å²) in [6.07, 6.45) is 2.89. The summed E-state index contributed by atoms with van der Waals surface area (Å²) in [4.78, 5) is 11.1. The largest absolute Gasteiger partial charge is 0.298 e. The molecule has 0 amide bonds. The fraction of sp³-hybridized carbons (Fsp3) is 0.286. The van der Waals surface area contributed by atoms with Crippen molar-refractivity contribution >= 4 is 17.9 Å². The third kappa shape index (κ3) is 2.40. The van der Waals surface area contributed by atoms with Gasteiger partial charge in [0.15, 0.2) is 6.29 Å². The molecule has 0 spiro atoms. The van der Waals surface area contributed by atoms with Crippen LogP contribution in [-0.2, 0) is 6.54 Å². The number of nitrogens with zero attached hydrogens (tertiary/aromatic N) is 2. The van der Waals surface area contributed by atoms with Gasteiger partial charge in [-0.05, 0) is 30.5 Å². The van der Waals surface area contributed by atoms with Gasteiger partial charge in [0, 0.05) is 5.92 Å². The topological polar surface area (TPSA) is 34.9 Å². The van der Waals surface area contributed by atoms with E-state index in [1.807, 2.05) is 0 Å². The molecular formula is C14H12ClFN2O. The van der Waals surface area contributed by atoms with Gasteiger partial charge in [-0.2, -0.15) is 5.10 Å². The molecule has 5 heteroatoms. The second-order valence-corrected chi connectivity index (χ2v) is 5.12. The molecule has 3 nitrogen and oxygen atoms in total. The Labute approximate surface area is 115 Å². The first-order valence-electron chi connectivity index (χ1n) is 6.15. The minimum absolute atomic E-state index is 0.275. The van der Waals surface area contributed by atoms with Crippen LogP contribution in [0.15, 0.2) is 24.3 Å². The van der Waals surface area contributed by atoms with E-state index in [0.29, 0.717) is 23.2 Å². The van der Waals surface area contributed by atoms with Crippen molar-refractivity contribution in [3.05, 3.63) is 52.1 Å². The maximum absolute atomic E-state index is 12.8. The molecule has 1 aliphatic carbocycles. The smallest absolute Gasteiger partial charge is 0.155 e. The zero-order valence-corrected chi connectivity index (χ0v) is 10.9. The van der Waals surface area contributed by atoms with Crippen molar-refractivity contribution in [2.24, 2.45) is 0 Å². The highest BCUT2D eigenvalue weighted by molar-refractivity contribution is 6.32. The Hall–Kier alpha value is -1.68. The van der Waals surface area contributed by atoms with Gasteiger partial charge in [0.05, 0.1) is 17.8 Å². The average molecular weight is 279 g/mol. The predicted octanol–water partition coefficient (Wildman–Crippen LogP) is 3.41. The second-order valence-electron chi connectivity index (χ2n) is 4.77. The zero-order valence-electron chi connectivity index (χ0n) is 10.1. The molecule has 0 atom stereocenters. The van der Waals surface area contributed by atoms with Gasteiger partial charge in [0.2, 0.25) is 0 Å². The molecule has 1 aromatic heterocycles. The van der Waals surface area contributed by atoms with Crippen LogP contribution in [0.25, 0.3) is 0 Å². The fourth-order valence-corrected chi connectivity index (χ4v) is 2.35. The van der Waals surface area contributed by atoms with E-state index in [4.69, 9.17) is 11.6 Å². The third-order valence-electron chi connectivity index (χ3n) is 3.28. The molecule has 0 radical (unpaired) electrons. The number of rotatable bonds is 4. The highest BCUT2D eigenvalue weighted by Crippen LogP contribution is 2.42. The Bertz CT molecular complexity index is 617. The van der Waals surface area contributed by atoms with Crippen molar-refractivity contribution in [1.29, 1.82) is 0 Å². The van der Waals surface area contributed by atoms with E-state index in [1.54, 1.807) is 16.8 Å². The predicted molar refractivity (Wildman–Crippen MR) is 70.1 cm³/mol. The van der Waals surface area contributed by atoms with Crippen molar-refractivity contribution in [3.63, 3.8) is 0 Å². The number of aldehydes is 1. The van der Waals surface area contributed by atoms with Crippen LogP contribution in [0.3, 0.4) is 0 Å². The normalized spacial score (nSPS) is 14.6. The lowest BCUT2D eigenvalue weighted by Crippen LogP contribution is -2.02. The minimum atomic E-state index is -0.275. The van der Waals surface area contributed by atoms with Crippen molar-refractivity contribution in [3.8, 4) is 0 Å². The van der Waals surface area contributed by atoms with E-state index in [0.717, 1.165) is 30.4 Å². The molecule has 1 saturated carbocycles. The SMILES string of the molecule is O=Cc1c(C2CC2)nn(Cc2ccc(F)cc2)c1Cl. The lowest BCUT2D eigenvalue weighted by atomic mass is 10.2. The van der Waals surface area contributed by atoms with Gasteiger partial charge in [-0.15, -0.1) is 0 Å².